The number of piperazine rings is 1. The molecule has 0 spiro atoms. The summed E-state index contributed by atoms with van der Waals surface area (Å²) in [6.45, 7) is 16.7. The van der Waals surface area contributed by atoms with Crippen molar-refractivity contribution in [2.24, 2.45) is 5.92 Å². The van der Waals surface area contributed by atoms with E-state index < -0.39 is 5.60 Å². The second-order valence-corrected chi connectivity index (χ2v) is 8.66. The first-order valence-corrected chi connectivity index (χ1v) is 9.11. The van der Waals surface area contributed by atoms with Crippen molar-refractivity contribution >= 4 is 6.09 Å². The third-order valence-electron chi connectivity index (χ3n) is 5.03. The van der Waals surface area contributed by atoms with Gasteiger partial charge >= 0.3 is 6.09 Å². The number of hydrogen-bond donors (Lipinski definition) is 1. The molecule has 1 amide bonds. The lowest BCUT2D eigenvalue weighted by molar-refractivity contribution is 0.0140. The van der Waals surface area contributed by atoms with E-state index in [4.69, 9.17) is 4.74 Å². The third-order valence-corrected chi connectivity index (χ3v) is 5.03. The molecule has 2 fully saturated rings. The molecule has 0 aliphatic carbocycles. The van der Waals surface area contributed by atoms with Crippen molar-refractivity contribution in [3.8, 4) is 0 Å². The molecule has 5 heteroatoms. The first-order valence-electron chi connectivity index (χ1n) is 9.11. The molecule has 0 radical (unpaired) electrons. The van der Waals surface area contributed by atoms with Gasteiger partial charge in [-0.05, 0) is 59.8 Å². The highest BCUT2D eigenvalue weighted by atomic mass is 16.6. The smallest absolute Gasteiger partial charge is 0.410 e. The average Bonchev–Trinajstić information content (AvgIpc) is 2.47. The summed E-state index contributed by atoms with van der Waals surface area (Å²) >= 11 is 0. The Morgan fingerprint density at radius 2 is 1.61 bits per heavy atom. The fourth-order valence-corrected chi connectivity index (χ4v) is 3.75. The van der Waals surface area contributed by atoms with E-state index in [1.165, 1.54) is 6.42 Å². The molecule has 0 atom stereocenters. The number of nitrogens with zero attached hydrogens (tertiary/aromatic N) is 2. The Kier molecular flexibility index (Phi) is 5.95. The number of amides is 1. The zero-order chi connectivity index (χ0) is 17.1. The lowest BCUT2D eigenvalue weighted by Gasteiger charge is -2.44. The van der Waals surface area contributed by atoms with Crippen molar-refractivity contribution in [2.45, 2.75) is 65.0 Å². The van der Waals surface area contributed by atoms with Gasteiger partial charge in [-0.25, -0.2) is 4.79 Å². The van der Waals surface area contributed by atoms with Crippen LogP contribution in [0.25, 0.3) is 0 Å². The topological polar surface area (TPSA) is 44.8 Å². The summed E-state index contributed by atoms with van der Waals surface area (Å²) in [4.78, 5) is 16.6. The van der Waals surface area contributed by atoms with Gasteiger partial charge in [0, 0.05) is 44.8 Å². The van der Waals surface area contributed by atoms with Crippen LogP contribution in [-0.4, -0.2) is 66.3 Å². The Morgan fingerprint density at radius 1 is 1.04 bits per heavy atom. The molecular weight excluding hydrogens is 290 g/mol. The second kappa shape index (κ2) is 7.39. The molecule has 5 nitrogen and oxygen atoms in total. The Bertz CT molecular complexity index is 390. The standard InChI is InChI=1S/C18H35N3O2/c1-17(2,3)23-16(22)20-10-6-15(7-11-20)14-18(4,5)21-12-8-19-9-13-21/h15,19H,6-14H2,1-5H3. The van der Waals surface area contributed by atoms with E-state index in [9.17, 15) is 4.79 Å². The van der Waals surface area contributed by atoms with Gasteiger partial charge < -0.3 is 15.0 Å². The van der Waals surface area contributed by atoms with Crippen LogP contribution in [0.15, 0.2) is 0 Å². The fraction of sp³-hybridized carbons (Fsp3) is 0.944. The van der Waals surface area contributed by atoms with E-state index >= 15 is 0 Å². The van der Waals surface area contributed by atoms with E-state index in [1.54, 1.807) is 0 Å². The molecule has 2 aliphatic rings. The van der Waals surface area contributed by atoms with Crippen LogP contribution in [0.1, 0.15) is 53.9 Å². The highest BCUT2D eigenvalue weighted by Gasteiger charge is 2.33. The zero-order valence-electron chi connectivity index (χ0n) is 15.7. The minimum atomic E-state index is -0.405. The summed E-state index contributed by atoms with van der Waals surface area (Å²) in [5.41, 5.74) is -0.154. The number of piperidine rings is 1. The molecule has 2 heterocycles. The Hall–Kier alpha value is -0.810. The largest absolute Gasteiger partial charge is 0.444 e. The summed E-state index contributed by atoms with van der Waals surface area (Å²) in [7, 11) is 0. The van der Waals surface area contributed by atoms with Crippen molar-refractivity contribution in [3.63, 3.8) is 0 Å². The van der Waals surface area contributed by atoms with E-state index in [1.807, 2.05) is 25.7 Å². The number of hydrogen-bond acceptors (Lipinski definition) is 4. The third kappa shape index (κ3) is 5.64. The highest BCUT2D eigenvalue weighted by Crippen LogP contribution is 2.30. The zero-order valence-corrected chi connectivity index (χ0v) is 15.7. The summed E-state index contributed by atoms with van der Waals surface area (Å²) in [6, 6.07) is 0. The van der Waals surface area contributed by atoms with E-state index in [0.29, 0.717) is 5.92 Å². The van der Waals surface area contributed by atoms with Gasteiger partial charge in [-0.3, -0.25) is 4.90 Å². The Labute approximate surface area is 141 Å². The van der Waals surface area contributed by atoms with Crippen LogP contribution < -0.4 is 5.32 Å². The van der Waals surface area contributed by atoms with Crippen molar-refractivity contribution in [1.82, 2.24) is 15.1 Å². The van der Waals surface area contributed by atoms with Gasteiger partial charge in [0.1, 0.15) is 5.60 Å². The normalized spacial score (nSPS) is 22.2. The fourth-order valence-electron chi connectivity index (χ4n) is 3.75. The minimum absolute atomic E-state index is 0.155. The molecule has 1 N–H and O–H groups in total. The lowest BCUT2D eigenvalue weighted by Crippen LogP contribution is -2.54. The van der Waals surface area contributed by atoms with Crippen LogP contribution >= 0.6 is 0 Å². The molecule has 0 aromatic rings. The van der Waals surface area contributed by atoms with E-state index in [-0.39, 0.29) is 11.6 Å². The number of carbonyl (C=O) groups is 1. The van der Waals surface area contributed by atoms with Crippen LogP contribution in [0, 0.1) is 5.92 Å². The van der Waals surface area contributed by atoms with Crippen molar-refractivity contribution in [2.75, 3.05) is 39.3 Å². The van der Waals surface area contributed by atoms with Crippen molar-refractivity contribution in [1.29, 1.82) is 0 Å². The molecule has 2 saturated heterocycles. The predicted octanol–water partition coefficient (Wildman–Crippen LogP) is 2.71. The number of carbonyl (C=O) groups excluding carboxylic acids is 1. The average molecular weight is 325 g/mol. The van der Waals surface area contributed by atoms with Gasteiger partial charge in [0.25, 0.3) is 0 Å². The maximum atomic E-state index is 12.1. The molecule has 0 aromatic carbocycles. The minimum Gasteiger partial charge on any atom is -0.444 e. The van der Waals surface area contributed by atoms with Gasteiger partial charge in [0.2, 0.25) is 0 Å². The monoisotopic (exact) mass is 325 g/mol. The predicted molar refractivity (Wildman–Crippen MR) is 93.7 cm³/mol. The van der Waals surface area contributed by atoms with Crippen LogP contribution in [0.5, 0.6) is 0 Å². The van der Waals surface area contributed by atoms with Crippen LogP contribution in [0.3, 0.4) is 0 Å². The van der Waals surface area contributed by atoms with E-state index in [0.717, 1.165) is 52.1 Å². The second-order valence-electron chi connectivity index (χ2n) is 8.66. The Balaban J connectivity index is 1.79. The van der Waals surface area contributed by atoms with Gasteiger partial charge in [-0.2, -0.15) is 0 Å². The van der Waals surface area contributed by atoms with Gasteiger partial charge in [-0.15, -0.1) is 0 Å². The molecule has 0 saturated carbocycles. The number of ether oxygens (including phenoxy) is 1. The SMILES string of the molecule is CC(C)(C)OC(=O)N1CCC(CC(C)(C)N2CCNCC2)CC1. The highest BCUT2D eigenvalue weighted by molar-refractivity contribution is 5.68. The maximum absolute atomic E-state index is 12.1. The molecule has 23 heavy (non-hydrogen) atoms. The number of likely N-dealkylation sites (tertiary alicyclic amines) is 1. The summed E-state index contributed by atoms with van der Waals surface area (Å²) in [6.07, 6.45) is 3.25. The number of rotatable bonds is 3. The summed E-state index contributed by atoms with van der Waals surface area (Å²) in [5.74, 6) is 0.707. The maximum Gasteiger partial charge on any atom is 0.410 e. The first-order chi connectivity index (χ1) is 10.7. The van der Waals surface area contributed by atoms with Crippen molar-refractivity contribution in [3.05, 3.63) is 0 Å². The van der Waals surface area contributed by atoms with Gasteiger partial charge in [0.15, 0.2) is 0 Å². The quantitative estimate of drug-likeness (QED) is 0.866. The molecule has 2 aliphatic heterocycles. The Morgan fingerprint density at radius 3 is 2.13 bits per heavy atom. The molecule has 2 rings (SSSR count). The van der Waals surface area contributed by atoms with Crippen molar-refractivity contribution < 1.29 is 9.53 Å². The van der Waals surface area contributed by atoms with Crippen LogP contribution in [-0.2, 0) is 4.74 Å². The summed E-state index contributed by atoms with van der Waals surface area (Å²) < 4.78 is 5.48. The van der Waals surface area contributed by atoms with Crippen LogP contribution in [0.4, 0.5) is 4.79 Å². The first kappa shape index (κ1) is 18.5. The molecule has 0 aromatic heterocycles. The lowest BCUT2D eigenvalue weighted by atomic mass is 9.83. The molecule has 134 valence electrons. The van der Waals surface area contributed by atoms with Crippen LogP contribution in [0.2, 0.25) is 0 Å². The molecule has 0 unspecified atom stereocenters. The number of nitrogens with one attached hydrogen (secondary N) is 1. The van der Waals surface area contributed by atoms with Gasteiger partial charge in [0.05, 0.1) is 0 Å². The molecule has 0 bridgehead atoms. The summed E-state index contributed by atoms with van der Waals surface area (Å²) in [5, 5.41) is 3.43. The molecular formula is C18H35N3O2. The van der Waals surface area contributed by atoms with E-state index in [2.05, 4.69) is 24.1 Å². The van der Waals surface area contributed by atoms with Gasteiger partial charge in [-0.1, -0.05) is 0 Å².